The van der Waals surface area contributed by atoms with E-state index in [0.717, 1.165) is 12.7 Å². The van der Waals surface area contributed by atoms with Gasteiger partial charge in [0, 0.05) is 0 Å². The number of carbonyl (C=O) groups is 3. The van der Waals surface area contributed by atoms with Gasteiger partial charge in [-0.1, -0.05) is 17.7 Å². The fraction of sp³-hybridized carbons (Fsp3) is 0.795. The van der Waals surface area contributed by atoms with Crippen LogP contribution in [0.4, 0.5) is 0 Å². The first-order valence-electron chi connectivity index (χ1n) is 24.2. The Hall–Kier alpha value is -3.65. The van der Waals surface area contributed by atoms with E-state index in [2.05, 4.69) is 0 Å². The fourth-order valence-electron chi connectivity index (χ4n) is 9.96. The van der Waals surface area contributed by atoms with Crippen molar-refractivity contribution < 1.29 is 153 Å². The lowest BCUT2D eigenvalue weighted by Crippen LogP contribution is -2.79. The van der Waals surface area contributed by atoms with Gasteiger partial charge in [0.25, 0.3) is 0 Å². The number of carboxylic acids is 2. The molecular formula is C44H67N3O31. The molecule has 0 spiro atoms. The number of ether oxygens (including phenoxy) is 12. The van der Waals surface area contributed by atoms with E-state index >= 15 is 0 Å². The second-order valence-electron chi connectivity index (χ2n) is 19.5. The number of methoxy groups -OCH3 is 1. The van der Waals surface area contributed by atoms with Gasteiger partial charge in [-0.2, -0.15) is 0 Å². The van der Waals surface area contributed by atoms with Crippen LogP contribution in [0.3, 0.4) is 0 Å². The maximum Gasteiger partial charge on any atom is 0.338 e. The second-order valence-corrected chi connectivity index (χ2v) is 19.5. The Labute approximate surface area is 440 Å². The van der Waals surface area contributed by atoms with Gasteiger partial charge in [-0.15, -0.1) is 0 Å². The van der Waals surface area contributed by atoms with Crippen LogP contribution in [-0.4, -0.2) is 310 Å². The minimum absolute atomic E-state index is 0.180. The molecule has 6 saturated heterocycles. The van der Waals surface area contributed by atoms with Crippen molar-refractivity contribution in [3.05, 3.63) is 29.8 Å². The van der Waals surface area contributed by atoms with E-state index in [-0.39, 0.29) is 5.75 Å². The minimum atomic E-state index is -3.44. The maximum atomic E-state index is 12.9. The molecule has 1 aromatic carbocycles. The molecule has 6 heterocycles. The van der Waals surface area contributed by atoms with E-state index in [1.54, 1.807) is 19.1 Å². The summed E-state index contributed by atoms with van der Waals surface area (Å²) in [6, 6.07) is 0.863. The zero-order valence-electron chi connectivity index (χ0n) is 41.2. The van der Waals surface area contributed by atoms with Crippen molar-refractivity contribution >= 4 is 17.9 Å². The summed E-state index contributed by atoms with van der Waals surface area (Å²) in [6.07, 6.45) is -54.3. The van der Waals surface area contributed by atoms with Gasteiger partial charge in [-0.05, 0) is 19.1 Å². The van der Waals surface area contributed by atoms with Crippen molar-refractivity contribution in [2.45, 2.75) is 190 Å². The van der Waals surface area contributed by atoms with Crippen LogP contribution < -0.4 is 21.9 Å². The number of esters is 1. The molecule has 0 aliphatic carbocycles. The van der Waals surface area contributed by atoms with E-state index < -0.39 is 221 Å². The molecule has 6 aliphatic rings. The number of aryl methyl sites for hydroxylation is 1. The second kappa shape index (κ2) is 25.2. The number of hydrogen-bond donors (Lipinski definition) is 19. The first-order chi connectivity index (χ1) is 36.7. The molecule has 0 aromatic heterocycles. The van der Waals surface area contributed by atoms with Crippen molar-refractivity contribution in [2.24, 2.45) is 17.2 Å². The van der Waals surface area contributed by atoms with Gasteiger partial charge >= 0.3 is 17.9 Å². The smallest absolute Gasteiger partial charge is 0.338 e. The summed E-state index contributed by atoms with van der Waals surface area (Å²) in [5.74, 6) is -4.94. The number of aliphatic hydroxyl groups excluding tert-OH is 13. The zero-order chi connectivity index (χ0) is 57.6. The number of carbonyl (C=O) groups excluding carboxylic acids is 1. The predicted octanol–water partition coefficient (Wildman–Crippen LogP) is -12.1. The highest BCUT2D eigenvalue weighted by atomic mass is 16.8. The Bertz CT molecular complexity index is 2170. The van der Waals surface area contributed by atoms with Crippen molar-refractivity contribution in [1.29, 1.82) is 0 Å². The summed E-state index contributed by atoms with van der Waals surface area (Å²) >= 11 is 0. The SMILES string of the molecule is COC(=O)[C@H]1O[C@@H](Oc2ccc(C)cc2)[C@H](O)[C@@H](O)[C@@H]1O[C@H]1O[C@H](CO)[C@@H](O[C@@H]2O[C@H](C(=O)O)[C@](O)([C@H]3O[C@H](CO)[C@@H](O[C@@H]4O[C@H](C(=O)O)[C@@H](O[C@H]5O[C@H](CO)[C@@H](O)[C@H](O)[C@H]5N)[C@H](O)[C@H]4O)[C@H](O)[C@H]3N)[C@H](O)[C@H]2O)[C@H](O)[C@H]1N. The topological polar surface area (TPSA) is 564 Å². The lowest BCUT2D eigenvalue weighted by molar-refractivity contribution is -0.385. The standard InChI is InChI=1S/C44H67N3O31/c1-10-3-5-11(6-4-10)68-41-24(57)23(56)30(32(77-41)38(65)67-2)75-40-17(47)21(54)28(14(9-50)71-40)73-43-26(59)33(60)44(66,35(78-43)37(63)64)34-15(45)20(53)27(13(8-49)69-34)72-42-25(58)22(55)29(31(76-42)36(61)62)74-39-16(46)19(52)18(51)12(7-48)70-39/h3-6,12-35,39-43,48-60,66H,7-9,45-47H2,1-2H3,(H,61,62)(H,63,64)/t12-,13-,14-,15-,16-,17-,18-,19-,20-,21-,22-,23-,24-,25-,26-,27-,28-,29+,30+,31+,32+,33-,34+,35-,39-,40-,41-,42-,43-,44-/m1/s1. The average Bonchev–Trinajstić information content (AvgIpc) is 3.51. The zero-order valence-corrected chi connectivity index (χ0v) is 41.2. The Balaban J connectivity index is 1.03. The van der Waals surface area contributed by atoms with Gasteiger partial charge < -0.3 is 156 Å². The maximum absolute atomic E-state index is 12.9. The molecule has 34 heteroatoms. The molecule has 34 nitrogen and oxygen atoms in total. The fourth-order valence-corrected chi connectivity index (χ4v) is 9.96. The summed E-state index contributed by atoms with van der Waals surface area (Å²) < 4.78 is 66.4. The molecular weight excluding hydrogens is 1070 g/mol. The summed E-state index contributed by atoms with van der Waals surface area (Å²) in [6.45, 7) is -1.38. The van der Waals surface area contributed by atoms with Gasteiger partial charge in [0.2, 0.25) is 6.29 Å². The van der Waals surface area contributed by atoms with E-state index in [0.29, 0.717) is 0 Å². The summed E-state index contributed by atoms with van der Waals surface area (Å²) in [7, 11) is 0.977. The molecule has 0 amide bonds. The molecule has 30 atom stereocenters. The molecule has 6 fully saturated rings. The Kier molecular flexibility index (Phi) is 20.0. The third-order valence-corrected chi connectivity index (χ3v) is 14.4. The molecule has 444 valence electrons. The number of carboxylic acid groups (broad SMARTS) is 2. The highest BCUT2D eigenvalue weighted by Crippen LogP contribution is 2.42. The highest BCUT2D eigenvalue weighted by molar-refractivity contribution is 5.76. The van der Waals surface area contributed by atoms with Crippen LogP contribution in [0.5, 0.6) is 5.75 Å². The van der Waals surface area contributed by atoms with Crippen molar-refractivity contribution in [3.8, 4) is 5.75 Å². The van der Waals surface area contributed by atoms with Crippen LogP contribution in [0, 0.1) is 6.92 Å². The molecule has 1 aromatic rings. The molecule has 0 saturated carbocycles. The van der Waals surface area contributed by atoms with Gasteiger partial charge in [-0.3, -0.25) is 0 Å². The lowest BCUT2D eigenvalue weighted by Gasteiger charge is -2.55. The van der Waals surface area contributed by atoms with E-state index in [1.807, 2.05) is 0 Å². The highest BCUT2D eigenvalue weighted by Gasteiger charge is 2.67. The normalized spacial score (nSPS) is 48.2. The average molecular weight is 1130 g/mol. The van der Waals surface area contributed by atoms with Crippen molar-refractivity contribution in [1.82, 2.24) is 0 Å². The predicted molar refractivity (Wildman–Crippen MR) is 241 cm³/mol. The van der Waals surface area contributed by atoms with Crippen LogP contribution in [0.25, 0.3) is 0 Å². The number of rotatable bonds is 17. The molecule has 22 N–H and O–H groups in total. The van der Waals surface area contributed by atoms with Crippen LogP contribution in [0.2, 0.25) is 0 Å². The van der Waals surface area contributed by atoms with Crippen LogP contribution in [0.15, 0.2) is 24.3 Å². The molecule has 78 heavy (non-hydrogen) atoms. The van der Waals surface area contributed by atoms with Crippen LogP contribution >= 0.6 is 0 Å². The molecule has 0 unspecified atom stereocenters. The Morgan fingerprint density at radius 3 is 1.50 bits per heavy atom. The van der Waals surface area contributed by atoms with E-state index in [4.69, 9.17) is 74.0 Å². The summed E-state index contributed by atoms with van der Waals surface area (Å²) in [5, 5.41) is 174. The van der Waals surface area contributed by atoms with Crippen molar-refractivity contribution in [2.75, 3.05) is 26.9 Å². The number of aliphatic carboxylic acids is 2. The first kappa shape index (κ1) is 62.0. The number of nitrogens with two attached hydrogens (primary N) is 3. The first-order valence-corrected chi connectivity index (χ1v) is 24.2. The largest absolute Gasteiger partial charge is 0.479 e. The number of benzene rings is 1. The van der Waals surface area contributed by atoms with Gasteiger partial charge in [0.05, 0.1) is 45.1 Å². The molecule has 7 rings (SSSR count). The quantitative estimate of drug-likeness (QED) is 0.0644. The number of aliphatic hydroxyl groups is 14. The van der Waals surface area contributed by atoms with Crippen LogP contribution in [0.1, 0.15) is 5.56 Å². The van der Waals surface area contributed by atoms with Gasteiger partial charge in [-0.25, -0.2) is 14.4 Å². The minimum Gasteiger partial charge on any atom is -0.479 e. The Morgan fingerprint density at radius 1 is 0.513 bits per heavy atom. The molecule has 0 bridgehead atoms. The molecule has 6 aliphatic heterocycles. The third-order valence-electron chi connectivity index (χ3n) is 14.4. The van der Waals surface area contributed by atoms with Gasteiger partial charge in [0.1, 0.15) is 116 Å². The van der Waals surface area contributed by atoms with E-state index in [1.165, 1.54) is 12.1 Å². The van der Waals surface area contributed by atoms with Crippen molar-refractivity contribution in [3.63, 3.8) is 0 Å². The van der Waals surface area contributed by atoms with Crippen LogP contribution in [-0.2, 0) is 66.5 Å². The van der Waals surface area contributed by atoms with E-state index in [9.17, 15) is 96.1 Å². The summed E-state index contributed by atoms with van der Waals surface area (Å²) in [4.78, 5) is 38.3. The third kappa shape index (κ3) is 11.8. The Morgan fingerprint density at radius 2 is 0.974 bits per heavy atom. The number of hydrogen-bond acceptors (Lipinski definition) is 32. The molecule has 0 radical (unpaired) electrons. The lowest BCUT2D eigenvalue weighted by atomic mass is 9.74. The monoisotopic (exact) mass is 1130 g/mol. The summed E-state index contributed by atoms with van der Waals surface area (Å²) in [5.41, 5.74) is 15.8. The van der Waals surface area contributed by atoms with Gasteiger partial charge in [0.15, 0.2) is 49.1 Å².